The van der Waals surface area contributed by atoms with E-state index in [1.165, 1.54) is 36.3 Å². The first kappa shape index (κ1) is 13.4. The molecule has 0 aliphatic heterocycles. The van der Waals surface area contributed by atoms with Crippen molar-refractivity contribution in [3.63, 3.8) is 0 Å². The molecule has 0 spiro atoms. The smallest absolute Gasteiger partial charge is 0.325 e. The molecule has 3 N–H and O–H groups in total. The van der Waals surface area contributed by atoms with Crippen LogP contribution in [0.3, 0.4) is 0 Å². The molecule has 1 saturated carbocycles. The van der Waals surface area contributed by atoms with Gasteiger partial charge in [0.25, 0.3) is 0 Å². The summed E-state index contributed by atoms with van der Waals surface area (Å²) in [5.74, 6) is -0.210. The fourth-order valence-electron chi connectivity index (χ4n) is 2.00. The number of carboxylic acids is 1. The Labute approximate surface area is 111 Å². The van der Waals surface area contributed by atoms with Crippen molar-refractivity contribution in [2.45, 2.75) is 32.2 Å². The van der Waals surface area contributed by atoms with Gasteiger partial charge >= 0.3 is 12.0 Å². The Bertz CT molecular complexity index is 454. The van der Waals surface area contributed by atoms with Crippen molar-refractivity contribution in [2.24, 2.45) is 5.92 Å². The second-order valence-electron chi connectivity index (χ2n) is 4.79. The zero-order valence-electron chi connectivity index (χ0n) is 10.6. The van der Waals surface area contributed by atoms with E-state index >= 15 is 0 Å². The van der Waals surface area contributed by atoms with Crippen molar-refractivity contribution >= 4 is 17.7 Å². The molecular weight excluding hydrogens is 248 g/mol. The number of anilines is 1. The highest BCUT2D eigenvalue weighted by atomic mass is 16.4. The van der Waals surface area contributed by atoms with Crippen molar-refractivity contribution in [3.05, 3.63) is 12.4 Å². The average Bonchev–Trinajstić information content (AvgIpc) is 2.68. The van der Waals surface area contributed by atoms with Gasteiger partial charge in [-0.05, 0) is 12.3 Å². The predicted octanol–water partition coefficient (Wildman–Crippen LogP) is 1.28. The minimum absolute atomic E-state index is 0.217. The van der Waals surface area contributed by atoms with E-state index in [2.05, 4.69) is 15.7 Å². The number of carbonyl (C=O) groups is 2. The average molecular weight is 266 g/mol. The molecule has 1 aliphatic rings. The molecule has 104 valence electrons. The summed E-state index contributed by atoms with van der Waals surface area (Å²) in [5.41, 5.74) is 0.488. The fourth-order valence-corrected chi connectivity index (χ4v) is 2.00. The first-order valence-electron chi connectivity index (χ1n) is 6.42. The number of nitrogens with zero attached hydrogens (tertiary/aromatic N) is 2. The van der Waals surface area contributed by atoms with E-state index in [-0.39, 0.29) is 12.6 Å². The van der Waals surface area contributed by atoms with Crippen LogP contribution in [0.1, 0.15) is 25.7 Å². The molecule has 0 saturated heterocycles. The Kier molecular flexibility index (Phi) is 4.38. The summed E-state index contributed by atoms with van der Waals surface area (Å²) in [5, 5.41) is 17.8. The van der Waals surface area contributed by atoms with Crippen LogP contribution in [0.25, 0.3) is 0 Å². The van der Waals surface area contributed by atoms with Gasteiger partial charge < -0.3 is 15.7 Å². The first-order valence-corrected chi connectivity index (χ1v) is 6.42. The molecular formula is C12H18N4O3. The Hall–Kier alpha value is -2.05. The number of carbonyl (C=O) groups excluding carboxylic acids is 1. The minimum atomic E-state index is -0.973. The molecule has 0 bridgehead atoms. The highest BCUT2D eigenvalue weighted by molar-refractivity contribution is 5.88. The van der Waals surface area contributed by atoms with E-state index in [0.717, 1.165) is 12.3 Å². The number of urea groups is 1. The molecule has 0 unspecified atom stereocenters. The SMILES string of the molecule is O=C(O)Cn1cc(NC(=O)NCCC2CCC2)cn1. The van der Waals surface area contributed by atoms with Crippen molar-refractivity contribution < 1.29 is 14.7 Å². The molecule has 19 heavy (non-hydrogen) atoms. The van der Waals surface area contributed by atoms with Crippen LogP contribution in [0.5, 0.6) is 0 Å². The van der Waals surface area contributed by atoms with E-state index in [4.69, 9.17) is 5.11 Å². The number of aliphatic carboxylic acids is 1. The van der Waals surface area contributed by atoms with Crippen LogP contribution in [0, 0.1) is 5.92 Å². The van der Waals surface area contributed by atoms with Crippen LogP contribution in [-0.4, -0.2) is 33.4 Å². The van der Waals surface area contributed by atoms with Crippen LogP contribution in [-0.2, 0) is 11.3 Å². The molecule has 1 aromatic heterocycles. The Morgan fingerprint density at radius 2 is 2.26 bits per heavy atom. The summed E-state index contributed by atoms with van der Waals surface area (Å²) in [6.45, 7) is 0.449. The summed E-state index contributed by atoms with van der Waals surface area (Å²) in [6, 6.07) is -0.283. The molecule has 0 atom stereocenters. The van der Waals surface area contributed by atoms with Crippen molar-refractivity contribution in [1.82, 2.24) is 15.1 Å². The van der Waals surface area contributed by atoms with Crippen molar-refractivity contribution in [1.29, 1.82) is 0 Å². The quantitative estimate of drug-likeness (QED) is 0.722. The molecule has 7 heteroatoms. The van der Waals surface area contributed by atoms with E-state index in [1.807, 2.05) is 0 Å². The fraction of sp³-hybridized carbons (Fsp3) is 0.583. The number of rotatable bonds is 6. The molecule has 1 aliphatic carbocycles. The first-order chi connectivity index (χ1) is 9.13. The third-order valence-electron chi connectivity index (χ3n) is 3.25. The van der Waals surface area contributed by atoms with Gasteiger partial charge in [0.15, 0.2) is 0 Å². The van der Waals surface area contributed by atoms with Gasteiger partial charge in [-0.2, -0.15) is 5.10 Å². The van der Waals surface area contributed by atoms with Crippen molar-refractivity contribution in [2.75, 3.05) is 11.9 Å². The number of amides is 2. The van der Waals surface area contributed by atoms with Crippen LogP contribution in [0.15, 0.2) is 12.4 Å². The van der Waals surface area contributed by atoms with Gasteiger partial charge in [0, 0.05) is 12.7 Å². The predicted molar refractivity (Wildman–Crippen MR) is 68.8 cm³/mol. The maximum absolute atomic E-state index is 11.6. The van der Waals surface area contributed by atoms with Crippen LogP contribution in [0.4, 0.5) is 10.5 Å². The van der Waals surface area contributed by atoms with Crippen LogP contribution < -0.4 is 10.6 Å². The van der Waals surface area contributed by atoms with Gasteiger partial charge in [0.2, 0.25) is 0 Å². The minimum Gasteiger partial charge on any atom is -0.480 e. The van der Waals surface area contributed by atoms with Crippen LogP contribution >= 0.6 is 0 Å². The Morgan fingerprint density at radius 3 is 2.89 bits per heavy atom. The monoisotopic (exact) mass is 266 g/mol. The number of nitrogens with one attached hydrogen (secondary N) is 2. The highest BCUT2D eigenvalue weighted by Crippen LogP contribution is 2.28. The van der Waals surface area contributed by atoms with Crippen molar-refractivity contribution in [3.8, 4) is 0 Å². The van der Waals surface area contributed by atoms with E-state index < -0.39 is 5.97 Å². The zero-order valence-corrected chi connectivity index (χ0v) is 10.6. The van der Waals surface area contributed by atoms with Gasteiger partial charge in [0.05, 0.1) is 11.9 Å². The lowest BCUT2D eigenvalue weighted by Gasteiger charge is -2.25. The lowest BCUT2D eigenvalue weighted by Crippen LogP contribution is -2.31. The molecule has 7 nitrogen and oxygen atoms in total. The molecule has 0 aromatic carbocycles. The summed E-state index contributed by atoms with van der Waals surface area (Å²) in [6.07, 6.45) is 7.77. The maximum Gasteiger partial charge on any atom is 0.325 e. The lowest BCUT2D eigenvalue weighted by molar-refractivity contribution is -0.137. The third-order valence-corrected chi connectivity index (χ3v) is 3.25. The van der Waals surface area contributed by atoms with Gasteiger partial charge in [-0.3, -0.25) is 9.48 Å². The number of hydrogen-bond donors (Lipinski definition) is 3. The van der Waals surface area contributed by atoms with E-state index in [0.29, 0.717) is 12.2 Å². The van der Waals surface area contributed by atoms with Gasteiger partial charge in [-0.15, -0.1) is 0 Å². The molecule has 1 fully saturated rings. The second kappa shape index (κ2) is 6.21. The maximum atomic E-state index is 11.6. The normalized spacial score (nSPS) is 14.7. The summed E-state index contributed by atoms with van der Waals surface area (Å²) < 4.78 is 1.26. The lowest BCUT2D eigenvalue weighted by atomic mass is 9.83. The molecule has 0 radical (unpaired) electrons. The third kappa shape index (κ3) is 4.27. The summed E-state index contributed by atoms with van der Waals surface area (Å²) in [7, 11) is 0. The molecule has 1 heterocycles. The molecule has 2 rings (SSSR count). The standard InChI is InChI=1S/C12H18N4O3/c17-11(18)8-16-7-10(6-14-16)15-12(19)13-5-4-9-2-1-3-9/h6-7,9H,1-5,8H2,(H,17,18)(H2,13,15,19). The van der Waals surface area contributed by atoms with Gasteiger partial charge in [-0.1, -0.05) is 19.3 Å². The molecule has 1 aromatic rings. The summed E-state index contributed by atoms with van der Waals surface area (Å²) in [4.78, 5) is 22.0. The Balaban J connectivity index is 1.68. The van der Waals surface area contributed by atoms with Gasteiger partial charge in [0.1, 0.15) is 6.54 Å². The van der Waals surface area contributed by atoms with Crippen LogP contribution in [0.2, 0.25) is 0 Å². The Morgan fingerprint density at radius 1 is 1.47 bits per heavy atom. The number of hydrogen-bond acceptors (Lipinski definition) is 3. The zero-order chi connectivity index (χ0) is 13.7. The number of carboxylic acid groups (broad SMARTS) is 1. The summed E-state index contributed by atoms with van der Waals surface area (Å²) >= 11 is 0. The highest BCUT2D eigenvalue weighted by Gasteiger charge is 2.16. The molecule has 2 amide bonds. The second-order valence-corrected chi connectivity index (χ2v) is 4.79. The number of aromatic nitrogens is 2. The largest absolute Gasteiger partial charge is 0.480 e. The van der Waals surface area contributed by atoms with E-state index in [1.54, 1.807) is 0 Å². The van der Waals surface area contributed by atoms with E-state index in [9.17, 15) is 9.59 Å². The van der Waals surface area contributed by atoms with Gasteiger partial charge in [-0.25, -0.2) is 4.79 Å². The topological polar surface area (TPSA) is 96.2 Å².